The molecule has 25 heavy (non-hydrogen) atoms. The second-order valence-corrected chi connectivity index (χ2v) is 6.28. The molecule has 1 atom stereocenters. The molecule has 2 nitrogen and oxygen atoms in total. The number of nitrogens with one attached hydrogen (secondary N) is 1. The molecule has 0 bridgehead atoms. The molecular weight excluding hydrogens is 306 g/mol. The summed E-state index contributed by atoms with van der Waals surface area (Å²) in [5, 5.41) is 18.9. The molecule has 0 aliphatic carbocycles. The van der Waals surface area contributed by atoms with Gasteiger partial charge in [0, 0.05) is 5.56 Å². The fraction of sp³-hybridized carbons (Fsp3) is 0.130. The van der Waals surface area contributed by atoms with Crippen LogP contribution in [0.5, 0.6) is 5.75 Å². The van der Waals surface area contributed by atoms with Crippen LogP contribution in [0.2, 0.25) is 0 Å². The quantitative estimate of drug-likeness (QED) is 0.526. The lowest BCUT2D eigenvalue weighted by molar-refractivity contribution is 0.460. The predicted octanol–water partition coefficient (Wildman–Crippen LogP) is 5.40. The summed E-state index contributed by atoms with van der Waals surface area (Å²) in [5.41, 5.74) is 2.13. The van der Waals surface area contributed by atoms with Crippen LogP contribution in [0.25, 0.3) is 21.5 Å². The van der Waals surface area contributed by atoms with E-state index in [4.69, 9.17) is 0 Å². The van der Waals surface area contributed by atoms with Gasteiger partial charge in [0.05, 0.1) is 6.04 Å². The molecule has 0 saturated carbocycles. The average molecular weight is 327 g/mol. The van der Waals surface area contributed by atoms with E-state index in [0.717, 1.165) is 22.9 Å². The van der Waals surface area contributed by atoms with Gasteiger partial charge >= 0.3 is 0 Å². The average Bonchev–Trinajstić information content (AvgIpc) is 2.66. The van der Waals surface area contributed by atoms with Gasteiger partial charge in [-0.15, -0.1) is 0 Å². The van der Waals surface area contributed by atoms with Crippen molar-refractivity contribution in [2.24, 2.45) is 0 Å². The molecule has 4 aromatic carbocycles. The minimum atomic E-state index is -0.0674. The Morgan fingerprint density at radius 2 is 1.40 bits per heavy atom. The summed E-state index contributed by atoms with van der Waals surface area (Å²) in [7, 11) is 0. The van der Waals surface area contributed by atoms with Gasteiger partial charge in [0.2, 0.25) is 0 Å². The molecule has 2 heteroatoms. The first kappa shape index (κ1) is 15.7. The van der Waals surface area contributed by atoms with E-state index >= 15 is 0 Å². The third-order valence-electron chi connectivity index (χ3n) is 4.78. The molecule has 0 unspecified atom stereocenters. The Balaban J connectivity index is 2.01. The molecule has 0 heterocycles. The van der Waals surface area contributed by atoms with Gasteiger partial charge in [-0.1, -0.05) is 79.7 Å². The van der Waals surface area contributed by atoms with E-state index in [1.165, 1.54) is 16.3 Å². The molecule has 4 aromatic rings. The van der Waals surface area contributed by atoms with Gasteiger partial charge in [-0.3, -0.25) is 0 Å². The third kappa shape index (κ3) is 2.75. The van der Waals surface area contributed by atoms with E-state index < -0.39 is 0 Å². The Morgan fingerprint density at radius 3 is 2.16 bits per heavy atom. The lowest BCUT2D eigenvalue weighted by Crippen LogP contribution is -2.22. The Kier molecular flexibility index (Phi) is 4.12. The van der Waals surface area contributed by atoms with Crippen LogP contribution in [0.3, 0.4) is 0 Å². The van der Waals surface area contributed by atoms with Gasteiger partial charge in [0.15, 0.2) is 0 Å². The molecule has 0 fully saturated rings. The van der Waals surface area contributed by atoms with Crippen molar-refractivity contribution in [2.75, 3.05) is 6.54 Å². The second-order valence-electron chi connectivity index (χ2n) is 6.28. The van der Waals surface area contributed by atoms with Gasteiger partial charge in [-0.05, 0) is 39.7 Å². The van der Waals surface area contributed by atoms with Crippen molar-refractivity contribution >= 4 is 21.5 Å². The number of phenols is 1. The summed E-state index contributed by atoms with van der Waals surface area (Å²) in [5.74, 6) is 0.331. The summed E-state index contributed by atoms with van der Waals surface area (Å²) in [6, 6.07) is 26.7. The summed E-state index contributed by atoms with van der Waals surface area (Å²) in [6.45, 7) is 2.91. The standard InChI is InChI=1S/C23H21NO/c1-2-24-23(20-13-7-10-16-8-3-5-11-18(16)20)22-19-12-6-4-9-17(19)14-15-21(22)25/h3-15,23-25H,2H2,1H3/t23-/m0/s1. The maximum Gasteiger partial charge on any atom is 0.121 e. The first-order chi connectivity index (χ1) is 12.3. The number of fused-ring (bicyclic) bond motifs is 2. The smallest absolute Gasteiger partial charge is 0.121 e. The van der Waals surface area contributed by atoms with Crippen LogP contribution in [0.15, 0.2) is 78.9 Å². The van der Waals surface area contributed by atoms with Crippen molar-refractivity contribution < 1.29 is 5.11 Å². The van der Waals surface area contributed by atoms with E-state index in [1.807, 2.05) is 18.2 Å². The van der Waals surface area contributed by atoms with Crippen molar-refractivity contribution in [1.29, 1.82) is 0 Å². The number of benzene rings is 4. The van der Waals surface area contributed by atoms with Crippen LogP contribution in [0.1, 0.15) is 24.1 Å². The minimum Gasteiger partial charge on any atom is -0.508 e. The Morgan fingerprint density at radius 1 is 0.760 bits per heavy atom. The van der Waals surface area contributed by atoms with Crippen molar-refractivity contribution in [3.8, 4) is 5.75 Å². The Hall–Kier alpha value is -2.84. The Bertz CT molecular complexity index is 1030. The first-order valence-electron chi connectivity index (χ1n) is 8.71. The van der Waals surface area contributed by atoms with Crippen LogP contribution >= 0.6 is 0 Å². The third-order valence-corrected chi connectivity index (χ3v) is 4.78. The molecule has 0 aromatic heterocycles. The summed E-state index contributed by atoms with van der Waals surface area (Å²) < 4.78 is 0. The highest BCUT2D eigenvalue weighted by Crippen LogP contribution is 2.38. The molecular formula is C23H21NO. The molecule has 4 rings (SSSR count). The fourth-order valence-corrected chi connectivity index (χ4v) is 3.66. The van der Waals surface area contributed by atoms with Gasteiger partial charge in [0.25, 0.3) is 0 Å². The number of aromatic hydroxyl groups is 1. The lowest BCUT2D eigenvalue weighted by atomic mass is 9.90. The van der Waals surface area contributed by atoms with Crippen LogP contribution in [0.4, 0.5) is 0 Å². The highest BCUT2D eigenvalue weighted by Gasteiger charge is 2.21. The zero-order chi connectivity index (χ0) is 17.2. The monoisotopic (exact) mass is 327 g/mol. The van der Waals surface area contributed by atoms with Crippen LogP contribution in [0, 0.1) is 0 Å². The SMILES string of the molecule is CCN[C@@H](c1cccc2ccccc12)c1c(O)ccc2ccccc12. The number of rotatable bonds is 4. The van der Waals surface area contributed by atoms with Crippen LogP contribution < -0.4 is 5.32 Å². The fourth-order valence-electron chi connectivity index (χ4n) is 3.66. The summed E-state index contributed by atoms with van der Waals surface area (Å²) >= 11 is 0. The van der Waals surface area contributed by atoms with Crippen molar-refractivity contribution in [3.63, 3.8) is 0 Å². The van der Waals surface area contributed by atoms with Crippen molar-refractivity contribution in [2.45, 2.75) is 13.0 Å². The van der Waals surface area contributed by atoms with Crippen LogP contribution in [-0.2, 0) is 0 Å². The molecule has 0 radical (unpaired) electrons. The zero-order valence-electron chi connectivity index (χ0n) is 14.2. The van der Waals surface area contributed by atoms with E-state index in [9.17, 15) is 5.11 Å². The second kappa shape index (κ2) is 6.58. The predicted molar refractivity (Wildman–Crippen MR) is 105 cm³/mol. The largest absolute Gasteiger partial charge is 0.508 e. The molecule has 0 spiro atoms. The molecule has 0 amide bonds. The zero-order valence-corrected chi connectivity index (χ0v) is 14.2. The lowest BCUT2D eigenvalue weighted by Gasteiger charge is -2.23. The highest BCUT2D eigenvalue weighted by molar-refractivity contribution is 5.91. The topological polar surface area (TPSA) is 32.3 Å². The first-order valence-corrected chi connectivity index (χ1v) is 8.71. The van der Waals surface area contributed by atoms with E-state index in [1.54, 1.807) is 6.07 Å². The van der Waals surface area contributed by atoms with Gasteiger partial charge in [-0.25, -0.2) is 0 Å². The number of hydrogen-bond acceptors (Lipinski definition) is 2. The van der Waals surface area contributed by atoms with Crippen LogP contribution in [-0.4, -0.2) is 11.7 Å². The molecule has 0 aliphatic heterocycles. The maximum atomic E-state index is 10.7. The van der Waals surface area contributed by atoms with Gasteiger partial charge in [-0.2, -0.15) is 0 Å². The maximum absolute atomic E-state index is 10.7. The molecule has 124 valence electrons. The molecule has 2 N–H and O–H groups in total. The number of hydrogen-bond donors (Lipinski definition) is 2. The molecule has 0 aliphatic rings. The van der Waals surface area contributed by atoms with E-state index in [-0.39, 0.29) is 6.04 Å². The minimum absolute atomic E-state index is 0.0674. The van der Waals surface area contributed by atoms with Gasteiger partial charge in [0.1, 0.15) is 5.75 Å². The highest BCUT2D eigenvalue weighted by atomic mass is 16.3. The van der Waals surface area contributed by atoms with Crippen molar-refractivity contribution in [3.05, 3.63) is 90.0 Å². The van der Waals surface area contributed by atoms with E-state index in [0.29, 0.717) is 5.75 Å². The van der Waals surface area contributed by atoms with E-state index in [2.05, 4.69) is 66.8 Å². The normalized spacial score (nSPS) is 12.5. The number of phenolic OH excluding ortho intramolecular Hbond substituents is 1. The summed E-state index contributed by atoms with van der Waals surface area (Å²) in [4.78, 5) is 0. The Labute approximate surface area is 147 Å². The summed E-state index contributed by atoms with van der Waals surface area (Å²) in [6.07, 6.45) is 0. The molecule has 0 saturated heterocycles. The van der Waals surface area contributed by atoms with Gasteiger partial charge < -0.3 is 10.4 Å². The van der Waals surface area contributed by atoms with Crippen molar-refractivity contribution in [1.82, 2.24) is 5.32 Å².